The van der Waals surface area contributed by atoms with E-state index in [4.69, 9.17) is 4.74 Å². The highest BCUT2D eigenvalue weighted by Crippen LogP contribution is 2.18. The predicted octanol–water partition coefficient (Wildman–Crippen LogP) is 3.35. The van der Waals surface area contributed by atoms with Crippen LogP contribution >= 0.6 is 11.8 Å². The SMILES string of the molecule is COC(=O)C(C)CSCc1ccc(C)c(C)c1. The van der Waals surface area contributed by atoms with Gasteiger partial charge in [0.2, 0.25) is 0 Å². The molecule has 1 unspecified atom stereocenters. The van der Waals surface area contributed by atoms with Gasteiger partial charge in [-0.1, -0.05) is 25.1 Å². The average Bonchev–Trinajstić information content (AvgIpc) is 2.32. The van der Waals surface area contributed by atoms with Gasteiger partial charge in [0.05, 0.1) is 13.0 Å². The summed E-state index contributed by atoms with van der Waals surface area (Å²) in [5.74, 6) is 1.59. The Kier molecular flexibility index (Phi) is 5.56. The molecule has 0 N–H and O–H groups in total. The van der Waals surface area contributed by atoms with E-state index in [2.05, 4.69) is 32.0 Å². The standard InChI is InChI=1S/C14H20O2S/c1-10-5-6-13(7-11(10)2)9-17-8-12(3)14(15)16-4/h5-7,12H,8-9H2,1-4H3. The molecule has 1 aromatic rings. The normalized spacial score (nSPS) is 12.2. The predicted molar refractivity (Wildman–Crippen MR) is 73.3 cm³/mol. The summed E-state index contributed by atoms with van der Waals surface area (Å²) in [6.07, 6.45) is 0. The van der Waals surface area contributed by atoms with E-state index in [1.807, 2.05) is 6.92 Å². The molecule has 0 aliphatic heterocycles. The average molecular weight is 252 g/mol. The zero-order valence-electron chi connectivity index (χ0n) is 10.9. The molecule has 0 aliphatic rings. The molecule has 0 aliphatic carbocycles. The third kappa shape index (κ3) is 4.43. The second-order valence-corrected chi connectivity index (χ2v) is 5.39. The Morgan fingerprint density at radius 1 is 1.35 bits per heavy atom. The quantitative estimate of drug-likeness (QED) is 0.752. The lowest BCUT2D eigenvalue weighted by Gasteiger charge is -2.09. The number of hydrogen-bond donors (Lipinski definition) is 0. The minimum absolute atomic E-state index is 0.0310. The van der Waals surface area contributed by atoms with E-state index in [-0.39, 0.29) is 11.9 Å². The summed E-state index contributed by atoms with van der Waals surface area (Å²) in [6, 6.07) is 6.51. The van der Waals surface area contributed by atoms with Crippen molar-refractivity contribution < 1.29 is 9.53 Å². The molecule has 1 rings (SSSR count). The van der Waals surface area contributed by atoms with Gasteiger partial charge in [-0.2, -0.15) is 11.8 Å². The molecule has 1 aromatic carbocycles. The number of methoxy groups -OCH3 is 1. The van der Waals surface area contributed by atoms with Gasteiger partial charge in [-0.3, -0.25) is 4.79 Å². The number of aryl methyl sites for hydroxylation is 2. The van der Waals surface area contributed by atoms with Crippen LogP contribution in [0.5, 0.6) is 0 Å². The van der Waals surface area contributed by atoms with Crippen molar-refractivity contribution in [3.8, 4) is 0 Å². The van der Waals surface area contributed by atoms with E-state index >= 15 is 0 Å². The van der Waals surface area contributed by atoms with Crippen LogP contribution in [0.15, 0.2) is 18.2 Å². The summed E-state index contributed by atoms with van der Waals surface area (Å²) < 4.78 is 4.70. The van der Waals surface area contributed by atoms with Crippen LogP contribution in [0, 0.1) is 19.8 Å². The van der Waals surface area contributed by atoms with Crippen molar-refractivity contribution in [2.24, 2.45) is 5.92 Å². The van der Waals surface area contributed by atoms with Crippen molar-refractivity contribution in [1.29, 1.82) is 0 Å². The van der Waals surface area contributed by atoms with Crippen molar-refractivity contribution in [2.45, 2.75) is 26.5 Å². The van der Waals surface area contributed by atoms with E-state index in [9.17, 15) is 4.79 Å². The Morgan fingerprint density at radius 3 is 2.65 bits per heavy atom. The van der Waals surface area contributed by atoms with Gasteiger partial charge in [0, 0.05) is 11.5 Å². The molecular formula is C14H20O2S. The molecule has 94 valence electrons. The van der Waals surface area contributed by atoms with Crippen molar-refractivity contribution >= 4 is 17.7 Å². The van der Waals surface area contributed by atoms with Crippen molar-refractivity contribution in [3.05, 3.63) is 34.9 Å². The second kappa shape index (κ2) is 6.70. The number of ether oxygens (including phenoxy) is 1. The van der Waals surface area contributed by atoms with Crippen LogP contribution in [-0.2, 0) is 15.3 Å². The van der Waals surface area contributed by atoms with Gasteiger partial charge in [0.15, 0.2) is 0 Å². The van der Waals surface area contributed by atoms with Gasteiger partial charge in [0.1, 0.15) is 0 Å². The number of benzene rings is 1. The first-order valence-corrected chi connectivity index (χ1v) is 6.91. The summed E-state index contributed by atoms with van der Waals surface area (Å²) in [5.41, 5.74) is 3.96. The van der Waals surface area contributed by atoms with Crippen LogP contribution in [0.1, 0.15) is 23.6 Å². The monoisotopic (exact) mass is 252 g/mol. The van der Waals surface area contributed by atoms with Crippen LogP contribution in [0.2, 0.25) is 0 Å². The maximum Gasteiger partial charge on any atom is 0.309 e. The van der Waals surface area contributed by atoms with E-state index in [0.29, 0.717) is 0 Å². The molecule has 0 amide bonds. The van der Waals surface area contributed by atoms with Crippen LogP contribution in [0.25, 0.3) is 0 Å². The molecule has 17 heavy (non-hydrogen) atoms. The number of carbonyl (C=O) groups is 1. The lowest BCUT2D eigenvalue weighted by molar-refractivity contribution is -0.143. The lowest BCUT2D eigenvalue weighted by atomic mass is 10.1. The Hall–Kier alpha value is -0.960. The van der Waals surface area contributed by atoms with Gasteiger partial charge in [-0.15, -0.1) is 0 Å². The van der Waals surface area contributed by atoms with Crippen LogP contribution in [0.4, 0.5) is 0 Å². The summed E-state index contributed by atoms with van der Waals surface area (Å²) >= 11 is 1.77. The number of carbonyl (C=O) groups excluding carboxylic acids is 1. The number of esters is 1. The van der Waals surface area contributed by atoms with E-state index in [0.717, 1.165) is 11.5 Å². The van der Waals surface area contributed by atoms with Crippen molar-refractivity contribution in [3.63, 3.8) is 0 Å². The molecule has 2 nitrogen and oxygen atoms in total. The summed E-state index contributed by atoms with van der Waals surface area (Å²) in [4.78, 5) is 11.2. The summed E-state index contributed by atoms with van der Waals surface area (Å²) in [7, 11) is 1.44. The highest BCUT2D eigenvalue weighted by Gasteiger charge is 2.12. The van der Waals surface area contributed by atoms with Gasteiger partial charge >= 0.3 is 5.97 Å². The maximum absolute atomic E-state index is 11.2. The number of thioether (sulfide) groups is 1. The molecule has 0 fully saturated rings. The van der Waals surface area contributed by atoms with E-state index in [1.165, 1.54) is 23.8 Å². The summed E-state index contributed by atoms with van der Waals surface area (Å²) in [6.45, 7) is 6.14. The fraction of sp³-hybridized carbons (Fsp3) is 0.500. The topological polar surface area (TPSA) is 26.3 Å². The molecule has 0 bridgehead atoms. The zero-order chi connectivity index (χ0) is 12.8. The van der Waals surface area contributed by atoms with Crippen molar-refractivity contribution in [1.82, 2.24) is 0 Å². The third-order valence-corrected chi connectivity index (χ3v) is 4.08. The fourth-order valence-electron chi connectivity index (χ4n) is 1.52. The highest BCUT2D eigenvalue weighted by atomic mass is 32.2. The van der Waals surface area contributed by atoms with Gasteiger partial charge < -0.3 is 4.74 Å². The Balaban J connectivity index is 2.40. The van der Waals surface area contributed by atoms with Crippen molar-refractivity contribution in [2.75, 3.05) is 12.9 Å². The second-order valence-electron chi connectivity index (χ2n) is 4.36. The van der Waals surface area contributed by atoms with Gasteiger partial charge in [-0.25, -0.2) is 0 Å². The molecule has 0 aromatic heterocycles. The van der Waals surface area contributed by atoms with Gasteiger partial charge in [0.25, 0.3) is 0 Å². The van der Waals surface area contributed by atoms with E-state index < -0.39 is 0 Å². The smallest absolute Gasteiger partial charge is 0.309 e. The van der Waals surface area contributed by atoms with E-state index in [1.54, 1.807) is 11.8 Å². The van der Waals surface area contributed by atoms with Crippen LogP contribution in [-0.4, -0.2) is 18.8 Å². The number of rotatable bonds is 5. The first-order valence-electron chi connectivity index (χ1n) is 5.76. The summed E-state index contributed by atoms with van der Waals surface area (Å²) in [5, 5.41) is 0. The van der Waals surface area contributed by atoms with Crippen LogP contribution < -0.4 is 0 Å². The fourth-order valence-corrected chi connectivity index (χ4v) is 2.54. The molecule has 0 radical (unpaired) electrons. The van der Waals surface area contributed by atoms with Crippen LogP contribution in [0.3, 0.4) is 0 Å². The lowest BCUT2D eigenvalue weighted by Crippen LogP contribution is -2.14. The first-order chi connectivity index (χ1) is 8.04. The molecular weight excluding hydrogens is 232 g/mol. The third-order valence-electron chi connectivity index (χ3n) is 2.81. The molecule has 0 heterocycles. The maximum atomic E-state index is 11.2. The number of hydrogen-bond acceptors (Lipinski definition) is 3. The molecule has 1 atom stereocenters. The largest absolute Gasteiger partial charge is 0.469 e. The molecule has 0 saturated carbocycles. The first kappa shape index (κ1) is 14.1. The zero-order valence-corrected chi connectivity index (χ0v) is 11.8. The molecule has 3 heteroatoms. The van der Waals surface area contributed by atoms with Gasteiger partial charge in [-0.05, 0) is 30.5 Å². The Labute approximate surface area is 108 Å². The minimum Gasteiger partial charge on any atom is -0.469 e. The molecule has 0 spiro atoms. The highest BCUT2D eigenvalue weighted by molar-refractivity contribution is 7.98. The minimum atomic E-state index is -0.127. The Bertz CT molecular complexity index is 388. The Morgan fingerprint density at radius 2 is 2.06 bits per heavy atom. The molecule has 0 saturated heterocycles.